The quantitative estimate of drug-likeness (QED) is 0.198. The minimum absolute atomic E-state index is 0.152. The maximum Gasteiger partial charge on any atom is 0.317 e. The summed E-state index contributed by atoms with van der Waals surface area (Å²) >= 11 is 0. The van der Waals surface area contributed by atoms with Crippen molar-refractivity contribution in [3.05, 3.63) is 0 Å². The number of oxime groups is 2. The largest absolute Gasteiger partial charge is 0.411 e. The number of rotatable bonds is 2. The zero-order valence-corrected chi connectivity index (χ0v) is 5.89. The monoisotopic (exact) mass is 160 g/mol. The summed E-state index contributed by atoms with van der Waals surface area (Å²) in [4.78, 5) is 10.6. The molecule has 6 heteroatoms. The van der Waals surface area contributed by atoms with Crippen molar-refractivity contribution in [1.29, 1.82) is 0 Å². The topological polar surface area (TPSA) is 91.5 Å². The molecule has 0 saturated carbocycles. The van der Waals surface area contributed by atoms with Crippen molar-refractivity contribution in [2.45, 2.75) is 13.3 Å². The molecule has 62 valence electrons. The highest BCUT2D eigenvalue weighted by Gasteiger charge is 2.02. The predicted molar refractivity (Wildman–Crippen MR) is 35.9 cm³/mol. The van der Waals surface area contributed by atoms with Crippen molar-refractivity contribution in [1.82, 2.24) is 0 Å². The number of carbonyl (C=O) groups is 1. The molecule has 0 spiro atoms. The first-order chi connectivity index (χ1) is 5.20. The highest BCUT2D eigenvalue weighted by atomic mass is 16.6. The lowest BCUT2D eigenvalue weighted by Gasteiger charge is -1.96. The Morgan fingerprint density at radius 3 is 2.73 bits per heavy atom. The molecule has 0 aromatic heterocycles. The number of hydrogen-bond acceptors (Lipinski definition) is 6. The molecule has 0 saturated heterocycles. The maximum atomic E-state index is 10.6. The summed E-state index contributed by atoms with van der Waals surface area (Å²) in [5, 5.41) is 21.1. The SMILES string of the molecule is CC(=NO)OC(=O)CC=NO. The lowest BCUT2D eigenvalue weighted by Crippen LogP contribution is -2.09. The van der Waals surface area contributed by atoms with E-state index in [0.717, 1.165) is 6.21 Å². The first-order valence-corrected chi connectivity index (χ1v) is 2.76. The third-order valence-electron chi connectivity index (χ3n) is 0.742. The highest BCUT2D eigenvalue weighted by Crippen LogP contribution is 1.85. The smallest absolute Gasteiger partial charge is 0.317 e. The van der Waals surface area contributed by atoms with Gasteiger partial charge in [0.25, 0.3) is 0 Å². The maximum absolute atomic E-state index is 10.6. The summed E-state index contributed by atoms with van der Waals surface area (Å²) in [5.41, 5.74) is 0. The fraction of sp³-hybridized carbons (Fsp3) is 0.400. The van der Waals surface area contributed by atoms with Gasteiger partial charge in [0.05, 0.1) is 12.6 Å². The molecule has 11 heavy (non-hydrogen) atoms. The van der Waals surface area contributed by atoms with E-state index < -0.39 is 5.97 Å². The molecule has 0 fully saturated rings. The third kappa shape index (κ3) is 4.89. The lowest BCUT2D eigenvalue weighted by molar-refractivity contribution is -0.134. The molecular formula is C5H8N2O4. The van der Waals surface area contributed by atoms with Crippen LogP contribution in [0.1, 0.15) is 13.3 Å². The summed E-state index contributed by atoms with van der Waals surface area (Å²) in [7, 11) is 0. The molecule has 0 bridgehead atoms. The van der Waals surface area contributed by atoms with Crippen LogP contribution >= 0.6 is 0 Å². The minimum atomic E-state index is -0.655. The van der Waals surface area contributed by atoms with Gasteiger partial charge in [0, 0.05) is 6.92 Å². The Hall–Kier alpha value is -1.59. The minimum Gasteiger partial charge on any atom is -0.411 e. The van der Waals surface area contributed by atoms with Crippen LogP contribution in [0.15, 0.2) is 10.3 Å². The van der Waals surface area contributed by atoms with E-state index in [0.29, 0.717) is 0 Å². The van der Waals surface area contributed by atoms with Crippen LogP contribution in [-0.4, -0.2) is 28.5 Å². The van der Waals surface area contributed by atoms with Crippen molar-refractivity contribution in [2.24, 2.45) is 10.3 Å². The van der Waals surface area contributed by atoms with Gasteiger partial charge in [-0.3, -0.25) is 4.79 Å². The molecule has 0 atom stereocenters. The van der Waals surface area contributed by atoms with Crippen molar-refractivity contribution in [3.63, 3.8) is 0 Å². The second kappa shape index (κ2) is 5.21. The molecule has 0 aliphatic heterocycles. The second-order valence-corrected chi connectivity index (χ2v) is 1.60. The fourth-order valence-electron chi connectivity index (χ4n) is 0.342. The first-order valence-electron chi connectivity index (χ1n) is 2.76. The van der Waals surface area contributed by atoms with Gasteiger partial charge in [-0.05, 0) is 0 Å². The molecule has 0 rings (SSSR count). The molecule has 0 aliphatic carbocycles. The molecular weight excluding hydrogens is 152 g/mol. The fourth-order valence-corrected chi connectivity index (χ4v) is 0.342. The van der Waals surface area contributed by atoms with Crippen LogP contribution in [0.25, 0.3) is 0 Å². The van der Waals surface area contributed by atoms with E-state index >= 15 is 0 Å². The molecule has 0 aromatic carbocycles. The average molecular weight is 160 g/mol. The molecule has 6 nitrogen and oxygen atoms in total. The van der Waals surface area contributed by atoms with E-state index in [9.17, 15) is 4.79 Å². The van der Waals surface area contributed by atoms with Gasteiger partial charge in [-0.25, -0.2) is 0 Å². The summed E-state index contributed by atoms with van der Waals surface area (Å²) in [6, 6.07) is 0. The van der Waals surface area contributed by atoms with Gasteiger partial charge in [-0.2, -0.15) is 0 Å². The van der Waals surface area contributed by atoms with Crippen LogP contribution in [0.2, 0.25) is 0 Å². The van der Waals surface area contributed by atoms with Crippen LogP contribution in [0.5, 0.6) is 0 Å². The normalized spacial score (nSPS) is 11.9. The van der Waals surface area contributed by atoms with Crippen LogP contribution in [0.3, 0.4) is 0 Å². The molecule has 0 aliphatic rings. The number of carbonyl (C=O) groups excluding carboxylic acids is 1. The van der Waals surface area contributed by atoms with E-state index in [1.807, 2.05) is 0 Å². The standard InChI is InChI=1S/C5H8N2O4/c1-4(7-10)11-5(8)2-3-6-9/h3,9-10H,2H2,1H3. The van der Waals surface area contributed by atoms with Gasteiger partial charge >= 0.3 is 5.97 Å². The first kappa shape index (κ1) is 9.41. The predicted octanol–water partition coefficient (Wildman–Crippen LogP) is 0.187. The Bertz CT molecular complexity index is 187. The van der Waals surface area contributed by atoms with Gasteiger partial charge in [0.15, 0.2) is 0 Å². The van der Waals surface area contributed by atoms with Crippen molar-refractivity contribution >= 4 is 18.1 Å². The summed E-state index contributed by atoms with van der Waals surface area (Å²) in [6.07, 6.45) is 0.802. The van der Waals surface area contributed by atoms with E-state index in [2.05, 4.69) is 15.0 Å². The number of ether oxygens (including phenoxy) is 1. The number of nitrogens with zero attached hydrogens (tertiary/aromatic N) is 2. The highest BCUT2D eigenvalue weighted by molar-refractivity contribution is 5.93. The van der Waals surface area contributed by atoms with Crippen molar-refractivity contribution in [3.8, 4) is 0 Å². The van der Waals surface area contributed by atoms with E-state index in [1.54, 1.807) is 0 Å². The third-order valence-corrected chi connectivity index (χ3v) is 0.742. The molecule has 0 radical (unpaired) electrons. The van der Waals surface area contributed by atoms with Gasteiger partial charge in [0.1, 0.15) is 0 Å². The average Bonchev–Trinajstić information content (AvgIpc) is 2.00. The molecule has 0 heterocycles. The molecule has 0 unspecified atom stereocenters. The number of hydrogen-bond donors (Lipinski definition) is 2. The Morgan fingerprint density at radius 1 is 1.64 bits per heavy atom. The Kier molecular flexibility index (Phi) is 4.46. The second-order valence-electron chi connectivity index (χ2n) is 1.60. The van der Waals surface area contributed by atoms with Gasteiger partial charge in [-0.15, -0.1) is 5.16 Å². The summed E-state index contributed by atoms with van der Waals surface area (Å²) in [5.74, 6) is -0.806. The summed E-state index contributed by atoms with van der Waals surface area (Å²) < 4.78 is 4.36. The van der Waals surface area contributed by atoms with E-state index in [1.165, 1.54) is 6.92 Å². The van der Waals surface area contributed by atoms with Gasteiger partial charge in [0.2, 0.25) is 5.90 Å². The lowest BCUT2D eigenvalue weighted by atomic mass is 10.5. The Balaban J connectivity index is 3.70. The summed E-state index contributed by atoms with van der Waals surface area (Å²) in [6.45, 7) is 1.31. The Morgan fingerprint density at radius 2 is 2.27 bits per heavy atom. The van der Waals surface area contributed by atoms with Crippen molar-refractivity contribution < 1.29 is 19.9 Å². The van der Waals surface area contributed by atoms with E-state index in [-0.39, 0.29) is 12.3 Å². The van der Waals surface area contributed by atoms with Crippen molar-refractivity contribution in [2.75, 3.05) is 0 Å². The molecule has 0 amide bonds. The van der Waals surface area contributed by atoms with Gasteiger partial charge < -0.3 is 15.2 Å². The van der Waals surface area contributed by atoms with Crippen LogP contribution in [0.4, 0.5) is 0 Å². The van der Waals surface area contributed by atoms with Crippen LogP contribution in [0, 0.1) is 0 Å². The Labute approximate surface area is 62.8 Å². The molecule has 0 aromatic rings. The van der Waals surface area contributed by atoms with Crippen LogP contribution < -0.4 is 0 Å². The number of esters is 1. The van der Waals surface area contributed by atoms with Crippen LogP contribution in [-0.2, 0) is 9.53 Å². The zero-order chi connectivity index (χ0) is 8.69. The molecule has 2 N–H and O–H groups in total. The van der Waals surface area contributed by atoms with E-state index in [4.69, 9.17) is 10.4 Å². The zero-order valence-electron chi connectivity index (χ0n) is 5.89. The van der Waals surface area contributed by atoms with Gasteiger partial charge in [-0.1, -0.05) is 5.16 Å².